The highest BCUT2D eigenvalue weighted by atomic mass is 19.1. The van der Waals surface area contributed by atoms with Crippen LogP contribution in [0.3, 0.4) is 0 Å². The van der Waals surface area contributed by atoms with Crippen molar-refractivity contribution in [3.63, 3.8) is 0 Å². The third-order valence-electron chi connectivity index (χ3n) is 8.30. The lowest BCUT2D eigenvalue weighted by atomic mass is 9.87. The number of carbonyl (C=O) groups is 1. The van der Waals surface area contributed by atoms with Gasteiger partial charge in [-0.3, -0.25) is 19.9 Å². The summed E-state index contributed by atoms with van der Waals surface area (Å²) in [5.41, 5.74) is 7.11. The third-order valence-corrected chi connectivity index (χ3v) is 8.30. The van der Waals surface area contributed by atoms with Gasteiger partial charge in [-0.2, -0.15) is 5.10 Å². The van der Waals surface area contributed by atoms with Crippen LogP contribution in [0.5, 0.6) is 5.75 Å². The number of anilines is 1. The van der Waals surface area contributed by atoms with Crippen molar-refractivity contribution in [2.45, 2.75) is 38.5 Å². The van der Waals surface area contributed by atoms with Gasteiger partial charge in [-0.25, -0.2) is 4.39 Å². The summed E-state index contributed by atoms with van der Waals surface area (Å²) in [4.78, 5) is 25.1. The smallest absolute Gasteiger partial charge is 0.224 e. The number of hydrogen-bond acceptors (Lipinski definition) is 5. The van der Waals surface area contributed by atoms with Crippen LogP contribution in [0, 0.1) is 11.7 Å². The normalized spacial score (nSPS) is 13.9. The standard InChI is InChI=1S/C34H31FN6O2/c1-43-26-14-22(12-24(35)16-26)33-28-17-31(39-29(28)9-10-37-33)34-27-15-21(7-8-30(27)40-41-34)23-13-25(19-36-18-23)38-32(42)11-20-5-3-2-4-6-20/h7-10,12-20,39H,2-6,11H2,1H3,(H,38,42)(H,40,41). The number of halogens is 1. The maximum absolute atomic E-state index is 14.3. The van der Waals surface area contributed by atoms with Crippen LogP contribution in [0.1, 0.15) is 38.5 Å². The van der Waals surface area contributed by atoms with Crippen molar-refractivity contribution in [1.29, 1.82) is 0 Å². The summed E-state index contributed by atoms with van der Waals surface area (Å²) < 4.78 is 19.6. The van der Waals surface area contributed by atoms with Crippen molar-refractivity contribution in [3.05, 3.63) is 79.0 Å². The molecule has 3 N–H and O–H groups in total. The summed E-state index contributed by atoms with van der Waals surface area (Å²) in [6.45, 7) is 0. The van der Waals surface area contributed by atoms with E-state index in [1.807, 2.05) is 30.3 Å². The zero-order chi connectivity index (χ0) is 29.3. The van der Waals surface area contributed by atoms with Crippen molar-refractivity contribution in [1.82, 2.24) is 25.1 Å². The number of benzene rings is 2. The quantitative estimate of drug-likeness (QED) is 0.180. The third kappa shape index (κ3) is 5.46. The van der Waals surface area contributed by atoms with Crippen LogP contribution in [0.4, 0.5) is 10.1 Å². The second-order valence-corrected chi connectivity index (χ2v) is 11.2. The Bertz CT molecular complexity index is 1960. The lowest BCUT2D eigenvalue weighted by Gasteiger charge is -2.20. The molecule has 0 aliphatic heterocycles. The van der Waals surface area contributed by atoms with Crippen molar-refractivity contribution in [2.24, 2.45) is 5.92 Å². The van der Waals surface area contributed by atoms with Gasteiger partial charge >= 0.3 is 0 Å². The Morgan fingerprint density at radius 3 is 2.65 bits per heavy atom. The average molecular weight is 575 g/mol. The number of nitrogens with one attached hydrogen (secondary N) is 3. The van der Waals surface area contributed by atoms with Gasteiger partial charge in [-0.1, -0.05) is 25.3 Å². The molecule has 0 unspecified atom stereocenters. The number of nitrogens with zero attached hydrogens (tertiary/aromatic N) is 3. The summed E-state index contributed by atoms with van der Waals surface area (Å²) in [6, 6.07) is 16.5. The highest BCUT2D eigenvalue weighted by molar-refractivity contribution is 6.01. The Balaban J connectivity index is 1.20. The molecular formula is C34H31FN6O2. The average Bonchev–Trinajstić information content (AvgIpc) is 3.65. The van der Waals surface area contributed by atoms with Gasteiger partial charge < -0.3 is 15.0 Å². The number of methoxy groups -OCH3 is 1. The molecule has 0 radical (unpaired) electrons. The van der Waals surface area contributed by atoms with Gasteiger partial charge in [0.25, 0.3) is 0 Å². The van der Waals surface area contributed by atoms with Crippen LogP contribution in [-0.2, 0) is 4.79 Å². The second kappa shape index (κ2) is 11.3. The van der Waals surface area contributed by atoms with E-state index >= 15 is 0 Å². The van der Waals surface area contributed by atoms with Crippen molar-refractivity contribution in [2.75, 3.05) is 12.4 Å². The monoisotopic (exact) mass is 574 g/mol. The largest absolute Gasteiger partial charge is 0.497 e. The Hall–Kier alpha value is -5.05. The van der Waals surface area contributed by atoms with Crippen LogP contribution in [0.25, 0.3) is 55.6 Å². The van der Waals surface area contributed by atoms with Crippen LogP contribution >= 0.6 is 0 Å². The number of amides is 1. The predicted molar refractivity (Wildman–Crippen MR) is 166 cm³/mol. The fourth-order valence-electron chi connectivity index (χ4n) is 6.16. The number of ether oxygens (including phenoxy) is 1. The molecule has 9 heteroatoms. The van der Waals surface area contributed by atoms with Crippen molar-refractivity contribution >= 4 is 33.4 Å². The summed E-state index contributed by atoms with van der Waals surface area (Å²) in [5.74, 6) is 0.553. The molecule has 0 atom stereocenters. The summed E-state index contributed by atoms with van der Waals surface area (Å²) >= 11 is 0. The molecule has 1 fully saturated rings. The summed E-state index contributed by atoms with van der Waals surface area (Å²) in [5, 5.41) is 12.6. The van der Waals surface area contributed by atoms with Crippen LogP contribution in [0.2, 0.25) is 0 Å². The highest BCUT2D eigenvalue weighted by Crippen LogP contribution is 2.36. The molecule has 43 heavy (non-hydrogen) atoms. The van der Waals surface area contributed by atoms with Crippen LogP contribution in [0.15, 0.2) is 73.2 Å². The number of rotatable bonds is 7. The zero-order valence-corrected chi connectivity index (χ0v) is 23.8. The zero-order valence-electron chi connectivity index (χ0n) is 23.8. The van der Waals surface area contributed by atoms with Gasteiger partial charge in [0.2, 0.25) is 5.91 Å². The molecule has 1 aliphatic carbocycles. The molecule has 0 spiro atoms. The highest BCUT2D eigenvalue weighted by Gasteiger charge is 2.18. The molecule has 216 valence electrons. The fraction of sp³-hybridized carbons (Fsp3) is 0.235. The molecule has 1 aliphatic rings. The number of aromatic nitrogens is 5. The van der Waals surface area contributed by atoms with Gasteiger partial charge in [0.05, 0.1) is 35.9 Å². The number of hydrogen-bond donors (Lipinski definition) is 3. The van der Waals surface area contributed by atoms with E-state index < -0.39 is 5.82 Å². The van der Waals surface area contributed by atoms with Gasteiger partial charge in [0.15, 0.2) is 0 Å². The Morgan fingerprint density at radius 1 is 0.930 bits per heavy atom. The second-order valence-electron chi connectivity index (χ2n) is 11.2. The molecule has 0 bridgehead atoms. The number of aromatic amines is 2. The molecule has 6 aromatic rings. The lowest BCUT2D eigenvalue weighted by molar-refractivity contribution is -0.117. The van der Waals surface area contributed by atoms with Crippen LogP contribution in [-0.4, -0.2) is 38.2 Å². The maximum atomic E-state index is 14.3. The number of pyridine rings is 2. The molecular weight excluding hydrogens is 543 g/mol. The van der Waals surface area contributed by atoms with Gasteiger partial charge in [-0.15, -0.1) is 0 Å². The first-order valence-corrected chi connectivity index (χ1v) is 14.6. The Kier molecular flexibility index (Phi) is 7.06. The number of carbonyl (C=O) groups excluding carboxylic acids is 1. The molecule has 1 amide bonds. The maximum Gasteiger partial charge on any atom is 0.224 e. The Morgan fingerprint density at radius 2 is 1.79 bits per heavy atom. The Labute approximate surface area is 247 Å². The first-order chi connectivity index (χ1) is 21.0. The minimum atomic E-state index is -0.392. The molecule has 4 heterocycles. The van der Waals surface area contributed by atoms with Gasteiger partial charge in [-0.05, 0) is 66.8 Å². The van der Waals surface area contributed by atoms with E-state index in [-0.39, 0.29) is 5.91 Å². The van der Waals surface area contributed by atoms with E-state index in [2.05, 4.69) is 36.5 Å². The predicted octanol–water partition coefficient (Wildman–Crippen LogP) is 7.89. The fourth-order valence-corrected chi connectivity index (χ4v) is 6.16. The van der Waals surface area contributed by atoms with Crippen LogP contribution < -0.4 is 10.1 Å². The topological polar surface area (TPSA) is 109 Å². The summed E-state index contributed by atoms with van der Waals surface area (Å²) in [6.07, 6.45) is 11.7. The van der Waals surface area contributed by atoms with E-state index in [4.69, 9.17) is 4.74 Å². The SMILES string of the molecule is COc1cc(F)cc(-c2nccc3[nH]c(-c4n[nH]c5ccc(-c6cncc(NC(=O)CC7CCCCC7)c6)cc45)cc23)c1. The summed E-state index contributed by atoms with van der Waals surface area (Å²) in [7, 11) is 1.51. The molecule has 8 nitrogen and oxygen atoms in total. The van der Waals surface area contributed by atoms with Crippen molar-refractivity contribution in [3.8, 4) is 39.5 Å². The minimum absolute atomic E-state index is 0.0442. The number of fused-ring (bicyclic) bond motifs is 2. The molecule has 2 aromatic carbocycles. The van der Waals surface area contributed by atoms with E-state index in [9.17, 15) is 9.18 Å². The molecule has 0 saturated heterocycles. The van der Waals surface area contributed by atoms with E-state index in [0.29, 0.717) is 35.0 Å². The first kappa shape index (κ1) is 26.8. The first-order valence-electron chi connectivity index (χ1n) is 14.6. The molecule has 4 aromatic heterocycles. The minimum Gasteiger partial charge on any atom is -0.497 e. The molecule has 7 rings (SSSR count). The number of H-pyrrole nitrogens is 2. The van der Waals surface area contributed by atoms with Crippen molar-refractivity contribution < 1.29 is 13.9 Å². The van der Waals surface area contributed by atoms with Gasteiger partial charge in [0, 0.05) is 52.3 Å². The molecule has 1 saturated carbocycles. The van der Waals surface area contributed by atoms with E-state index in [1.54, 1.807) is 24.7 Å². The van der Waals surface area contributed by atoms with Gasteiger partial charge in [0.1, 0.15) is 17.3 Å². The van der Waals surface area contributed by atoms with E-state index in [0.717, 1.165) is 57.2 Å². The lowest BCUT2D eigenvalue weighted by Crippen LogP contribution is -2.18. The van der Waals surface area contributed by atoms with E-state index in [1.165, 1.54) is 38.5 Å².